The van der Waals surface area contributed by atoms with E-state index in [-0.39, 0.29) is 6.54 Å². The second kappa shape index (κ2) is 9.14. The predicted octanol–water partition coefficient (Wildman–Crippen LogP) is 3.33. The van der Waals surface area contributed by atoms with Crippen LogP contribution >= 0.6 is 0 Å². The number of carbonyl (C=O) groups excluding carboxylic acids is 1. The van der Waals surface area contributed by atoms with Gasteiger partial charge < -0.3 is 10.1 Å². The number of hydrogen-bond acceptors (Lipinski definition) is 4. The van der Waals surface area contributed by atoms with Crippen molar-refractivity contribution in [3.63, 3.8) is 0 Å². The normalized spacial score (nSPS) is 11.7. The maximum absolute atomic E-state index is 13.7. The molecule has 0 aliphatic heterocycles. The van der Waals surface area contributed by atoms with Crippen LogP contribution in [0.15, 0.2) is 65.5 Å². The Labute approximate surface area is 168 Å². The Kier molecular flexibility index (Phi) is 6.39. The highest BCUT2D eigenvalue weighted by Gasteiger charge is 2.18. The molecule has 1 N–H and O–H groups in total. The highest BCUT2D eigenvalue weighted by molar-refractivity contribution is 5.79. The molecule has 3 rings (SSSR count). The molecule has 0 bridgehead atoms. The van der Waals surface area contributed by atoms with Gasteiger partial charge in [0.2, 0.25) is 5.91 Å². The molecule has 3 aromatic rings. The van der Waals surface area contributed by atoms with E-state index in [0.29, 0.717) is 17.9 Å². The molecule has 0 saturated heterocycles. The molecular weight excluding hydrogens is 373 g/mol. The smallest absolute Gasteiger partial charge is 0.267 e. The zero-order valence-electron chi connectivity index (χ0n) is 16.3. The van der Waals surface area contributed by atoms with Crippen molar-refractivity contribution in [1.29, 1.82) is 0 Å². The molecule has 29 heavy (non-hydrogen) atoms. The monoisotopic (exact) mass is 395 g/mol. The summed E-state index contributed by atoms with van der Waals surface area (Å²) in [6, 6.07) is 15.7. The average molecular weight is 395 g/mol. The van der Waals surface area contributed by atoms with Crippen molar-refractivity contribution in [2.24, 2.45) is 0 Å². The number of hydrogen-bond donors (Lipinski definition) is 1. The van der Waals surface area contributed by atoms with Crippen LogP contribution in [-0.2, 0) is 11.3 Å². The Bertz CT molecular complexity index is 1050. The van der Waals surface area contributed by atoms with Crippen molar-refractivity contribution in [2.75, 3.05) is 6.61 Å². The Morgan fingerprint density at radius 1 is 1.14 bits per heavy atom. The quantitative estimate of drug-likeness (QED) is 0.666. The highest BCUT2D eigenvalue weighted by atomic mass is 19.1. The van der Waals surface area contributed by atoms with Gasteiger partial charge >= 0.3 is 0 Å². The van der Waals surface area contributed by atoms with Gasteiger partial charge in [0.05, 0.1) is 12.3 Å². The van der Waals surface area contributed by atoms with E-state index < -0.39 is 23.3 Å². The molecule has 1 heterocycles. The summed E-state index contributed by atoms with van der Waals surface area (Å²) in [5, 5.41) is 6.99. The average Bonchev–Trinajstić information content (AvgIpc) is 2.73. The molecule has 1 aromatic heterocycles. The molecule has 1 amide bonds. The van der Waals surface area contributed by atoms with Gasteiger partial charge in [-0.1, -0.05) is 18.2 Å². The van der Waals surface area contributed by atoms with Crippen LogP contribution in [0.4, 0.5) is 4.39 Å². The van der Waals surface area contributed by atoms with Gasteiger partial charge in [0.25, 0.3) is 5.56 Å². The molecule has 0 aliphatic rings. The zero-order chi connectivity index (χ0) is 20.8. The molecule has 150 valence electrons. The fourth-order valence-electron chi connectivity index (χ4n) is 2.83. The number of benzene rings is 2. The number of aromatic nitrogens is 2. The van der Waals surface area contributed by atoms with Crippen LogP contribution in [0.5, 0.6) is 5.75 Å². The fourth-order valence-corrected chi connectivity index (χ4v) is 2.83. The topological polar surface area (TPSA) is 73.2 Å². The fraction of sp³-hybridized carbons (Fsp3) is 0.227. The van der Waals surface area contributed by atoms with Crippen LogP contribution in [-0.4, -0.2) is 22.3 Å². The number of carbonyl (C=O) groups is 1. The number of rotatable bonds is 7. The van der Waals surface area contributed by atoms with Crippen LogP contribution in [0.25, 0.3) is 11.3 Å². The number of halogens is 1. The van der Waals surface area contributed by atoms with Crippen LogP contribution in [0.3, 0.4) is 0 Å². The van der Waals surface area contributed by atoms with Gasteiger partial charge in [0.15, 0.2) is 0 Å². The standard InChI is InChI=1S/C22H22FN3O3/c1-3-29-18-10-8-16(9-11-18)20-12-13-21(27)26(25-20)15(2)22(28)24-14-17-6-4-5-7-19(17)23/h4-13,15H,3,14H2,1-2H3,(H,24,28). The van der Waals surface area contributed by atoms with E-state index in [1.165, 1.54) is 12.1 Å². The summed E-state index contributed by atoms with van der Waals surface area (Å²) in [5.41, 5.74) is 1.33. The van der Waals surface area contributed by atoms with Gasteiger partial charge in [-0.2, -0.15) is 5.10 Å². The van der Waals surface area contributed by atoms with E-state index in [0.717, 1.165) is 16.0 Å². The minimum atomic E-state index is -0.850. The maximum Gasteiger partial charge on any atom is 0.267 e. The van der Waals surface area contributed by atoms with Gasteiger partial charge in [-0.3, -0.25) is 9.59 Å². The SMILES string of the molecule is CCOc1ccc(-c2ccc(=O)n(C(C)C(=O)NCc3ccccc3F)n2)cc1. The Hall–Kier alpha value is -3.48. The molecule has 0 fully saturated rings. The van der Waals surface area contributed by atoms with Crippen LogP contribution in [0.2, 0.25) is 0 Å². The number of nitrogens with one attached hydrogen (secondary N) is 1. The predicted molar refractivity (Wildman–Crippen MR) is 108 cm³/mol. The van der Waals surface area contributed by atoms with Gasteiger partial charge in [-0.15, -0.1) is 0 Å². The van der Waals surface area contributed by atoms with Gasteiger partial charge in [-0.05, 0) is 50.2 Å². The number of amides is 1. The molecule has 0 aliphatic carbocycles. The van der Waals surface area contributed by atoms with Gasteiger partial charge in [0.1, 0.15) is 17.6 Å². The third-order valence-electron chi connectivity index (χ3n) is 4.44. The molecular formula is C22H22FN3O3. The van der Waals surface area contributed by atoms with Gasteiger partial charge in [-0.25, -0.2) is 9.07 Å². The summed E-state index contributed by atoms with van der Waals surface area (Å²) < 4.78 is 20.3. The Morgan fingerprint density at radius 3 is 2.55 bits per heavy atom. The van der Waals surface area contributed by atoms with Gasteiger partial charge in [0, 0.05) is 23.7 Å². The van der Waals surface area contributed by atoms with E-state index in [2.05, 4.69) is 10.4 Å². The summed E-state index contributed by atoms with van der Waals surface area (Å²) in [4.78, 5) is 24.8. The summed E-state index contributed by atoms with van der Waals surface area (Å²) in [6.07, 6.45) is 0. The van der Waals surface area contributed by atoms with E-state index in [1.54, 1.807) is 31.2 Å². The molecule has 7 heteroatoms. The van der Waals surface area contributed by atoms with Crippen molar-refractivity contribution >= 4 is 5.91 Å². The zero-order valence-corrected chi connectivity index (χ0v) is 16.3. The van der Waals surface area contributed by atoms with E-state index in [4.69, 9.17) is 4.74 Å². The third kappa shape index (κ3) is 4.87. The second-order valence-electron chi connectivity index (χ2n) is 6.44. The minimum absolute atomic E-state index is 0.0309. The number of ether oxygens (including phenoxy) is 1. The van der Waals surface area contributed by atoms with E-state index >= 15 is 0 Å². The molecule has 6 nitrogen and oxygen atoms in total. The first-order valence-corrected chi connectivity index (χ1v) is 9.34. The Balaban J connectivity index is 1.77. The molecule has 1 atom stereocenters. The summed E-state index contributed by atoms with van der Waals surface area (Å²) in [6.45, 7) is 4.09. The first-order chi connectivity index (χ1) is 14.0. The lowest BCUT2D eigenvalue weighted by molar-refractivity contribution is -0.124. The van der Waals surface area contributed by atoms with Crippen molar-refractivity contribution in [1.82, 2.24) is 15.1 Å². The third-order valence-corrected chi connectivity index (χ3v) is 4.44. The number of nitrogens with zero attached hydrogens (tertiary/aromatic N) is 2. The van der Waals surface area contributed by atoms with Crippen LogP contribution in [0, 0.1) is 5.82 Å². The maximum atomic E-state index is 13.7. The lowest BCUT2D eigenvalue weighted by Crippen LogP contribution is -2.36. The van der Waals surface area contributed by atoms with E-state index in [9.17, 15) is 14.0 Å². The summed E-state index contributed by atoms with van der Waals surface area (Å²) in [7, 11) is 0. The van der Waals surface area contributed by atoms with Crippen LogP contribution in [0.1, 0.15) is 25.5 Å². The highest BCUT2D eigenvalue weighted by Crippen LogP contribution is 2.20. The largest absolute Gasteiger partial charge is 0.494 e. The lowest BCUT2D eigenvalue weighted by atomic mass is 10.1. The second-order valence-corrected chi connectivity index (χ2v) is 6.44. The summed E-state index contributed by atoms with van der Waals surface area (Å²) >= 11 is 0. The molecule has 2 aromatic carbocycles. The van der Waals surface area contributed by atoms with Crippen LogP contribution < -0.4 is 15.6 Å². The molecule has 0 spiro atoms. The van der Waals surface area contributed by atoms with Crippen molar-refractivity contribution in [3.8, 4) is 17.0 Å². The first-order valence-electron chi connectivity index (χ1n) is 9.34. The van der Waals surface area contributed by atoms with Crippen molar-refractivity contribution < 1.29 is 13.9 Å². The molecule has 1 unspecified atom stereocenters. The minimum Gasteiger partial charge on any atom is -0.494 e. The first kappa shape index (κ1) is 20.3. The Morgan fingerprint density at radius 2 is 1.86 bits per heavy atom. The van der Waals surface area contributed by atoms with Crippen molar-refractivity contribution in [3.05, 3.63) is 82.4 Å². The lowest BCUT2D eigenvalue weighted by Gasteiger charge is -2.15. The molecule has 0 radical (unpaired) electrons. The summed E-state index contributed by atoms with van der Waals surface area (Å²) in [5.74, 6) is -0.0783. The van der Waals surface area contributed by atoms with Crippen molar-refractivity contribution in [2.45, 2.75) is 26.4 Å². The molecule has 0 saturated carbocycles. The van der Waals surface area contributed by atoms with E-state index in [1.807, 2.05) is 31.2 Å².